The number of anilines is 1. The molecule has 4 rings (SSSR count). The van der Waals surface area contributed by atoms with E-state index in [1.165, 1.54) is 18.5 Å². The Balaban J connectivity index is 1.42. The van der Waals surface area contributed by atoms with E-state index >= 15 is 0 Å². The number of halogens is 1. The van der Waals surface area contributed by atoms with Gasteiger partial charge >= 0.3 is 0 Å². The van der Waals surface area contributed by atoms with Crippen molar-refractivity contribution in [3.63, 3.8) is 0 Å². The standard InChI is InChI=1S/C28H34ClN3O2/c1-18-12-14-32(15-13-18)21-9-6-19(7-10-21)24(33)31-25-27(2,3)26(28(25,4)5)34-22-11-8-20(17-30)23(29)16-22/h6-11,16,18,25-26H,12-15H2,1-5H3,(H,31,33). The third kappa shape index (κ3) is 4.49. The molecule has 0 aromatic heterocycles. The molecule has 2 aromatic rings. The SMILES string of the molecule is CC1CCN(c2ccc(C(=O)NC3C(C)(C)C(Oc4ccc(C#N)c(Cl)c4)C3(C)C)cc2)CC1. The predicted molar refractivity (Wildman–Crippen MR) is 136 cm³/mol. The summed E-state index contributed by atoms with van der Waals surface area (Å²) in [5.74, 6) is 1.35. The summed E-state index contributed by atoms with van der Waals surface area (Å²) in [6, 6.07) is 15.1. The van der Waals surface area contributed by atoms with Gasteiger partial charge in [-0.05, 0) is 55.2 Å². The molecule has 1 aliphatic heterocycles. The first-order chi connectivity index (χ1) is 16.0. The number of piperidine rings is 1. The number of rotatable bonds is 5. The van der Waals surface area contributed by atoms with Gasteiger partial charge in [-0.15, -0.1) is 0 Å². The lowest BCUT2D eigenvalue weighted by atomic mass is 9.49. The van der Waals surface area contributed by atoms with Gasteiger partial charge in [-0.2, -0.15) is 5.26 Å². The van der Waals surface area contributed by atoms with Crippen LogP contribution in [0.5, 0.6) is 5.75 Å². The summed E-state index contributed by atoms with van der Waals surface area (Å²) < 4.78 is 6.32. The van der Waals surface area contributed by atoms with E-state index in [-0.39, 0.29) is 28.9 Å². The van der Waals surface area contributed by atoms with E-state index in [1.54, 1.807) is 18.2 Å². The van der Waals surface area contributed by atoms with Crippen LogP contribution in [-0.2, 0) is 0 Å². The molecular formula is C28H34ClN3O2. The molecule has 1 heterocycles. The van der Waals surface area contributed by atoms with Gasteiger partial charge in [0.05, 0.1) is 10.6 Å². The molecule has 1 aliphatic carbocycles. The lowest BCUT2D eigenvalue weighted by Crippen LogP contribution is -2.74. The molecule has 0 spiro atoms. The number of hydrogen-bond donors (Lipinski definition) is 1. The van der Waals surface area contributed by atoms with Crippen molar-refractivity contribution in [3.05, 3.63) is 58.6 Å². The number of nitrogens with one attached hydrogen (secondary N) is 1. The Hall–Kier alpha value is -2.71. The van der Waals surface area contributed by atoms with Crippen molar-refractivity contribution in [3.8, 4) is 11.8 Å². The van der Waals surface area contributed by atoms with E-state index in [4.69, 9.17) is 21.6 Å². The van der Waals surface area contributed by atoms with Gasteiger partial charge in [-0.25, -0.2) is 0 Å². The second-order valence-electron chi connectivity index (χ2n) is 11.0. The Labute approximate surface area is 208 Å². The molecule has 5 nitrogen and oxygen atoms in total. The monoisotopic (exact) mass is 479 g/mol. The highest BCUT2D eigenvalue weighted by Gasteiger charge is 2.64. The number of benzene rings is 2. The molecule has 0 radical (unpaired) electrons. The molecule has 2 aromatic carbocycles. The molecule has 6 heteroatoms. The van der Waals surface area contributed by atoms with Crippen LogP contribution < -0.4 is 15.0 Å². The highest BCUT2D eigenvalue weighted by atomic mass is 35.5. The summed E-state index contributed by atoms with van der Waals surface area (Å²) in [6.07, 6.45) is 2.30. The minimum absolute atomic E-state index is 0.0605. The maximum Gasteiger partial charge on any atom is 0.251 e. The van der Waals surface area contributed by atoms with Crippen LogP contribution in [0.15, 0.2) is 42.5 Å². The van der Waals surface area contributed by atoms with Crippen molar-refractivity contribution in [1.82, 2.24) is 5.32 Å². The van der Waals surface area contributed by atoms with E-state index < -0.39 is 0 Å². The molecule has 180 valence electrons. The smallest absolute Gasteiger partial charge is 0.251 e. The second kappa shape index (κ2) is 9.15. The van der Waals surface area contributed by atoms with Gasteiger partial charge < -0.3 is 15.0 Å². The van der Waals surface area contributed by atoms with Gasteiger partial charge in [-0.3, -0.25) is 4.79 Å². The number of nitriles is 1. The quantitative estimate of drug-likeness (QED) is 0.566. The minimum atomic E-state index is -0.288. The summed E-state index contributed by atoms with van der Waals surface area (Å²) in [6.45, 7) is 12.9. The Bertz CT molecular complexity index is 1080. The number of hydrogen-bond acceptors (Lipinski definition) is 4. The molecule has 1 saturated carbocycles. The van der Waals surface area contributed by atoms with Gasteiger partial charge in [0, 0.05) is 47.3 Å². The van der Waals surface area contributed by atoms with E-state index in [0.29, 0.717) is 21.9 Å². The first-order valence-corrected chi connectivity index (χ1v) is 12.4. The number of carbonyl (C=O) groups excluding carboxylic acids is 1. The first-order valence-electron chi connectivity index (χ1n) is 12.1. The van der Waals surface area contributed by atoms with Crippen LogP contribution in [0.25, 0.3) is 0 Å². The highest BCUT2D eigenvalue weighted by molar-refractivity contribution is 6.31. The maximum absolute atomic E-state index is 13.1. The fourth-order valence-corrected chi connectivity index (χ4v) is 6.11. The summed E-state index contributed by atoms with van der Waals surface area (Å²) in [7, 11) is 0. The zero-order valence-electron chi connectivity index (χ0n) is 20.7. The maximum atomic E-state index is 13.1. The van der Waals surface area contributed by atoms with Crippen LogP contribution in [0.3, 0.4) is 0 Å². The molecule has 2 aliphatic rings. The normalized spacial score (nSPS) is 23.5. The second-order valence-corrected chi connectivity index (χ2v) is 11.4. The van der Waals surface area contributed by atoms with Crippen molar-refractivity contribution >= 4 is 23.2 Å². The fourth-order valence-electron chi connectivity index (χ4n) is 5.90. The zero-order chi connectivity index (χ0) is 24.7. The third-order valence-corrected chi connectivity index (χ3v) is 8.02. The summed E-state index contributed by atoms with van der Waals surface area (Å²) in [4.78, 5) is 15.5. The van der Waals surface area contributed by atoms with Gasteiger partial charge in [0.25, 0.3) is 5.91 Å². The Morgan fingerprint density at radius 1 is 1.09 bits per heavy atom. The number of amides is 1. The molecule has 1 saturated heterocycles. The largest absolute Gasteiger partial charge is 0.489 e. The van der Waals surface area contributed by atoms with E-state index in [1.807, 2.05) is 12.1 Å². The zero-order valence-corrected chi connectivity index (χ0v) is 21.4. The Kier molecular flexibility index (Phi) is 6.57. The Morgan fingerprint density at radius 3 is 2.26 bits per heavy atom. The molecule has 1 N–H and O–H groups in total. The summed E-state index contributed by atoms with van der Waals surface area (Å²) in [5.41, 5.74) is 1.70. The average molecular weight is 480 g/mol. The molecule has 0 unspecified atom stereocenters. The van der Waals surface area contributed by atoms with Crippen molar-refractivity contribution in [2.45, 2.75) is 59.6 Å². The van der Waals surface area contributed by atoms with Crippen molar-refractivity contribution in [2.75, 3.05) is 18.0 Å². The van der Waals surface area contributed by atoms with Gasteiger partial charge in [-0.1, -0.05) is 46.2 Å². The molecule has 1 amide bonds. The summed E-state index contributed by atoms with van der Waals surface area (Å²) in [5, 5.41) is 12.7. The first kappa shape index (κ1) is 24.4. The van der Waals surface area contributed by atoms with Gasteiger partial charge in [0.1, 0.15) is 17.9 Å². The average Bonchev–Trinajstić information content (AvgIpc) is 2.81. The van der Waals surface area contributed by atoms with Gasteiger partial charge in [0.2, 0.25) is 0 Å². The molecule has 34 heavy (non-hydrogen) atoms. The van der Waals surface area contributed by atoms with Crippen LogP contribution in [0.2, 0.25) is 5.02 Å². The number of nitrogens with zero attached hydrogens (tertiary/aromatic N) is 2. The Morgan fingerprint density at radius 2 is 1.71 bits per heavy atom. The van der Waals surface area contributed by atoms with E-state index in [2.05, 4.69) is 63.0 Å². The molecular weight excluding hydrogens is 446 g/mol. The minimum Gasteiger partial charge on any atom is -0.489 e. The van der Waals surface area contributed by atoms with Crippen molar-refractivity contribution in [2.24, 2.45) is 16.7 Å². The highest BCUT2D eigenvalue weighted by Crippen LogP contribution is 2.55. The summed E-state index contributed by atoms with van der Waals surface area (Å²) >= 11 is 6.19. The van der Waals surface area contributed by atoms with Crippen LogP contribution in [0.4, 0.5) is 5.69 Å². The predicted octanol–water partition coefficient (Wildman–Crippen LogP) is 6.06. The number of ether oxygens (including phenoxy) is 1. The van der Waals surface area contributed by atoms with Crippen LogP contribution in [0, 0.1) is 28.1 Å². The molecule has 0 atom stereocenters. The number of carbonyl (C=O) groups is 1. The van der Waals surface area contributed by atoms with Crippen molar-refractivity contribution in [1.29, 1.82) is 5.26 Å². The van der Waals surface area contributed by atoms with Crippen LogP contribution >= 0.6 is 11.6 Å². The topological polar surface area (TPSA) is 65.4 Å². The van der Waals surface area contributed by atoms with Crippen LogP contribution in [0.1, 0.15) is 63.4 Å². The van der Waals surface area contributed by atoms with E-state index in [0.717, 1.165) is 19.0 Å². The molecule has 0 bridgehead atoms. The molecule has 2 fully saturated rings. The van der Waals surface area contributed by atoms with Crippen molar-refractivity contribution < 1.29 is 9.53 Å². The van der Waals surface area contributed by atoms with E-state index in [9.17, 15) is 4.79 Å². The third-order valence-electron chi connectivity index (χ3n) is 7.71. The lowest BCUT2D eigenvalue weighted by Gasteiger charge is -2.63. The lowest BCUT2D eigenvalue weighted by molar-refractivity contribution is -0.164. The van der Waals surface area contributed by atoms with Crippen LogP contribution in [-0.4, -0.2) is 31.1 Å². The van der Waals surface area contributed by atoms with Gasteiger partial charge in [0.15, 0.2) is 0 Å². The fraction of sp³-hybridized carbons (Fsp3) is 0.500.